The van der Waals surface area contributed by atoms with E-state index in [2.05, 4.69) is 15.1 Å². The van der Waals surface area contributed by atoms with Crippen LogP contribution in [0.15, 0.2) is 30.3 Å². The van der Waals surface area contributed by atoms with Crippen molar-refractivity contribution in [2.75, 3.05) is 26.3 Å². The number of H-pyrrole nitrogens is 1. The number of rotatable bonds is 7. The summed E-state index contributed by atoms with van der Waals surface area (Å²) in [6.45, 7) is 4.50. The SMILES string of the molecule is Cc1cc(CC2CN(Cc3ccccc3OCCO)CC2O)n[nH]1. The van der Waals surface area contributed by atoms with Gasteiger partial charge in [-0.15, -0.1) is 0 Å². The van der Waals surface area contributed by atoms with Crippen LogP contribution in [0.25, 0.3) is 0 Å². The van der Waals surface area contributed by atoms with Crippen molar-refractivity contribution in [2.45, 2.75) is 26.0 Å². The minimum Gasteiger partial charge on any atom is -0.491 e. The third-order valence-corrected chi connectivity index (χ3v) is 4.43. The number of hydrogen-bond acceptors (Lipinski definition) is 5. The third-order valence-electron chi connectivity index (χ3n) is 4.43. The fourth-order valence-electron chi connectivity index (χ4n) is 3.29. The first-order chi connectivity index (χ1) is 11.7. The summed E-state index contributed by atoms with van der Waals surface area (Å²) in [7, 11) is 0. The molecule has 1 aliphatic rings. The van der Waals surface area contributed by atoms with Crippen molar-refractivity contribution >= 4 is 0 Å². The molecular weight excluding hydrogens is 306 g/mol. The van der Waals surface area contributed by atoms with Gasteiger partial charge in [-0.2, -0.15) is 5.10 Å². The van der Waals surface area contributed by atoms with Gasteiger partial charge in [-0.1, -0.05) is 18.2 Å². The number of likely N-dealkylation sites (tertiary alicyclic amines) is 1. The Kier molecular flexibility index (Phi) is 5.50. The molecule has 0 spiro atoms. The van der Waals surface area contributed by atoms with Crippen LogP contribution in [0.4, 0.5) is 0 Å². The highest BCUT2D eigenvalue weighted by molar-refractivity contribution is 5.33. The Balaban J connectivity index is 1.61. The van der Waals surface area contributed by atoms with Gasteiger partial charge in [0.15, 0.2) is 0 Å². The molecule has 3 N–H and O–H groups in total. The third kappa shape index (κ3) is 4.14. The van der Waals surface area contributed by atoms with E-state index in [0.29, 0.717) is 13.2 Å². The number of aromatic amines is 1. The van der Waals surface area contributed by atoms with Gasteiger partial charge >= 0.3 is 0 Å². The van der Waals surface area contributed by atoms with Crippen LogP contribution in [0.2, 0.25) is 0 Å². The van der Waals surface area contributed by atoms with Gasteiger partial charge in [0.25, 0.3) is 0 Å². The topological polar surface area (TPSA) is 81.6 Å². The fraction of sp³-hybridized carbons (Fsp3) is 0.500. The molecule has 2 unspecified atom stereocenters. The second-order valence-corrected chi connectivity index (χ2v) is 6.45. The predicted molar refractivity (Wildman–Crippen MR) is 90.8 cm³/mol. The molecule has 1 fully saturated rings. The fourth-order valence-corrected chi connectivity index (χ4v) is 3.29. The van der Waals surface area contributed by atoms with Crippen molar-refractivity contribution in [3.63, 3.8) is 0 Å². The van der Waals surface area contributed by atoms with E-state index in [1.165, 1.54) is 0 Å². The molecule has 1 aromatic carbocycles. The van der Waals surface area contributed by atoms with Gasteiger partial charge in [0, 0.05) is 36.8 Å². The second kappa shape index (κ2) is 7.79. The standard InChI is InChI=1S/C18H25N3O3/c1-13-8-16(20-19-13)9-15-11-21(12-17(15)23)10-14-4-2-3-5-18(14)24-7-6-22/h2-5,8,15,17,22-23H,6-7,9-12H2,1H3,(H,19,20). The van der Waals surface area contributed by atoms with E-state index in [4.69, 9.17) is 9.84 Å². The lowest BCUT2D eigenvalue weighted by molar-refractivity contribution is 0.140. The van der Waals surface area contributed by atoms with E-state index >= 15 is 0 Å². The van der Waals surface area contributed by atoms with Crippen LogP contribution in [-0.4, -0.2) is 57.7 Å². The number of aliphatic hydroxyl groups excluding tert-OH is 2. The summed E-state index contributed by atoms with van der Waals surface area (Å²) in [5.74, 6) is 0.991. The molecule has 130 valence electrons. The summed E-state index contributed by atoms with van der Waals surface area (Å²) in [6, 6.07) is 9.90. The van der Waals surface area contributed by atoms with Crippen LogP contribution < -0.4 is 4.74 Å². The molecule has 0 saturated carbocycles. The number of β-amino-alcohol motifs (C(OH)–C–C–N with tert-alkyl or cyclic N) is 1. The molecule has 0 radical (unpaired) electrons. The lowest BCUT2D eigenvalue weighted by Gasteiger charge is -2.18. The van der Waals surface area contributed by atoms with Crippen molar-refractivity contribution in [1.82, 2.24) is 15.1 Å². The maximum Gasteiger partial charge on any atom is 0.123 e. The van der Waals surface area contributed by atoms with Crippen molar-refractivity contribution in [3.05, 3.63) is 47.3 Å². The van der Waals surface area contributed by atoms with Crippen LogP contribution in [0, 0.1) is 12.8 Å². The van der Waals surface area contributed by atoms with E-state index in [1.807, 2.05) is 37.3 Å². The Hall–Kier alpha value is -1.89. The molecule has 0 amide bonds. The normalized spacial score (nSPS) is 21.3. The summed E-state index contributed by atoms with van der Waals surface area (Å²) in [4.78, 5) is 2.25. The zero-order valence-electron chi connectivity index (χ0n) is 14.0. The Labute approximate surface area is 142 Å². The Morgan fingerprint density at radius 3 is 2.92 bits per heavy atom. The molecule has 0 aliphatic carbocycles. The summed E-state index contributed by atoms with van der Waals surface area (Å²) in [5, 5.41) is 26.5. The second-order valence-electron chi connectivity index (χ2n) is 6.45. The number of aromatic nitrogens is 2. The van der Waals surface area contributed by atoms with Gasteiger partial charge in [-0.05, 0) is 25.5 Å². The first kappa shape index (κ1) is 17.0. The van der Waals surface area contributed by atoms with Crippen LogP contribution >= 0.6 is 0 Å². The first-order valence-electron chi connectivity index (χ1n) is 8.38. The van der Waals surface area contributed by atoms with E-state index in [-0.39, 0.29) is 18.6 Å². The number of nitrogens with one attached hydrogen (secondary N) is 1. The maximum absolute atomic E-state index is 10.4. The smallest absolute Gasteiger partial charge is 0.123 e. The van der Waals surface area contributed by atoms with Gasteiger partial charge in [0.1, 0.15) is 12.4 Å². The Bertz CT molecular complexity index is 658. The molecule has 0 bridgehead atoms. The van der Waals surface area contributed by atoms with E-state index < -0.39 is 0 Å². The summed E-state index contributed by atoms with van der Waals surface area (Å²) < 4.78 is 5.60. The van der Waals surface area contributed by atoms with Crippen molar-refractivity contribution in [3.8, 4) is 5.75 Å². The summed E-state index contributed by atoms with van der Waals surface area (Å²) in [5.41, 5.74) is 3.13. The Morgan fingerprint density at radius 2 is 2.17 bits per heavy atom. The van der Waals surface area contributed by atoms with Crippen LogP contribution in [0.3, 0.4) is 0 Å². The molecular formula is C18H25N3O3. The van der Waals surface area contributed by atoms with Crippen molar-refractivity contribution in [1.29, 1.82) is 0 Å². The number of para-hydroxylation sites is 1. The highest BCUT2D eigenvalue weighted by Crippen LogP contribution is 2.26. The number of nitrogens with zero attached hydrogens (tertiary/aromatic N) is 2. The average Bonchev–Trinajstić information content (AvgIpc) is 3.13. The van der Waals surface area contributed by atoms with Crippen LogP contribution in [-0.2, 0) is 13.0 Å². The van der Waals surface area contributed by atoms with E-state index in [9.17, 15) is 5.11 Å². The molecule has 2 aromatic rings. The molecule has 2 heterocycles. The number of aliphatic hydroxyl groups is 2. The summed E-state index contributed by atoms with van der Waals surface area (Å²) in [6.07, 6.45) is 0.442. The molecule has 24 heavy (non-hydrogen) atoms. The van der Waals surface area contributed by atoms with Gasteiger partial charge in [-0.25, -0.2) is 0 Å². The largest absolute Gasteiger partial charge is 0.491 e. The minimum atomic E-state index is -0.340. The molecule has 2 atom stereocenters. The molecule has 1 aliphatic heterocycles. The molecule has 1 aromatic heterocycles. The molecule has 3 rings (SSSR count). The number of ether oxygens (including phenoxy) is 1. The van der Waals surface area contributed by atoms with Gasteiger partial charge in [-0.3, -0.25) is 10.00 Å². The van der Waals surface area contributed by atoms with Gasteiger partial charge in [0.05, 0.1) is 18.4 Å². The Morgan fingerprint density at radius 1 is 1.33 bits per heavy atom. The highest BCUT2D eigenvalue weighted by atomic mass is 16.5. The van der Waals surface area contributed by atoms with E-state index in [0.717, 1.165) is 42.2 Å². The van der Waals surface area contributed by atoms with Crippen molar-refractivity contribution < 1.29 is 14.9 Å². The first-order valence-corrected chi connectivity index (χ1v) is 8.38. The van der Waals surface area contributed by atoms with E-state index in [1.54, 1.807) is 0 Å². The molecule has 6 heteroatoms. The monoisotopic (exact) mass is 331 g/mol. The zero-order valence-corrected chi connectivity index (χ0v) is 14.0. The average molecular weight is 331 g/mol. The lowest BCUT2D eigenvalue weighted by Crippen LogP contribution is -2.22. The minimum absolute atomic E-state index is 0.00190. The van der Waals surface area contributed by atoms with Gasteiger partial charge in [0.2, 0.25) is 0 Å². The quantitative estimate of drug-likeness (QED) is 0.708. The van der Waals surface area contributed by atoms with Crippen LogP contribution in [0.1, 0.15) is 17.0 Å². The lowest BCUT2D eigenvalue weighted by atomic mass is 10.0. The highest BCUT2D eigenvalue weighted by Gasteiger charge is 2.32. The number of benzene rings is 1. The van der Waals surface area contributed by atoms with Crippen LogP contribution in [0.5, 0.6) is 5.75 Å². The molecule has 6 nitrogen and oxygen atoms in total. The van der Waals surface area contributed by atoms with Crippen molar-refractivity contribution in [2.24, 2.45) is 5.92 Å². The maximum atomic E-state index is 10.4. The number of hydrogen-bond donors (Lipinski definition) is 3. The van der Waals surface area contributed by atoms with Gasteiger partial charge < -0.3 is 14.9 Å². The summed E-state index contributed by atoms with van der Waals surface area (Å²) >= 11 is 0. The zero-order chi connectivity index (χ0) is 16.9. The number of aryl methyl sites for hydroxylation is 1. The predicted octanol–water partition coefficient (Wildman–Crippen LogP) is 1.12. The molecule has 1 saturated heterocycles.